The highest BCUT2D eigenvalue weighted by Gasteiger charge is 2.30. The summed E-state index contributed by atoms with van der Waals surface area (Å²) in [7, 11) is 1.55. The molecule has 0 aliphatic heterocycles. The third kappa shape index (κ3) is 6.41. The van der Waals surface area contributed by atoms with Crippen molar-refractivity contribution in [1.29, 1.82) is 0 Å². The minimum Gasteiger partial charge on any atom is -0.484 e. The molecule has 0 fully saturated rings. The maximum Gasteiger partial charge on any atom is 0.261 e. The van der Waals surface area contributed by atoms with Gasteiger partial charge in [-0.1, -0.05) is 54.6 Å². The lowest BCUT2D eigenvalue weighted by Crippen LogP contribution is -2.51. The van der Waals surface area contributed by atoms with E-state index in [2.05, 4.69) is 5.32 Å². The molecule has 3 aromatic carbocycles. The van der Waals surface area contributed by atoms with Crippen LogP contribution in [0.25, 0.3) is 0 Å². The summed E-state index contributed by atoms with van der Waals surface area (Å²) in [5.41, 5.74) is 2.67. The number of amides is 2. The number of carbonyl (C=O) groups is 2. The minimum atomic E-state index is -0.749. The number of aryl methyl sites for hydroxylation is 1. The topological polar surface area (TPSA) is 58.6 Å². The van der Waals surface area contributed by atoms with E-state index in [9.17, 15) is 14.0 Å². The highest BCUT2D eigenvalue weighted by Crippen LogP contribution is 2.17. The van der Waals surface area contributed by atoms with Crippen LogP contribution in [0.2, 0.25) is 0 Å². The van der Waals surface area contributed by atoms with Gasteiger partial charge in [-0.25, -0.2) is 4.39 Å². The number of nitrogens with zero attached hydrogens (tertiary/aromatic N) is 1. The Morgan fingerprint density at radius 2 is 1.69 bits per heavy atom. The second-order valence-electron chi connectivity index (χ2n) is 7.57. The van der Waals surface area contributed by atoms with E-state index in [0.29, 0.717) is 12.2 Å². The molecule has 3 rings (SSSR count). The maximum absolute atomic E-state index is 13.4. The number of ether oxygens (including phenoxy) is 1. The van der Waals surface area contributed by atoms with Crippen LogP contribution in [0.1, 0.15) is 16.7 Å². The van der Waals surface area contributed by atoms with E-state index in [4.69, 9.17) is 4.74 Å². The van der Waals surface area contributed by atoms with Crippen molar-refractivity contribution < 1.29 is 18.7 Å². The van der Waals surface area contributed by atoms with Crippen LogP contribution in [-0.4, -0.2) is 36.4 Å². The van der Waals surface area contributed by atoms with Gasteiger partial charge in [0.2, 0.25) is 5.91 Å². The molecular weight excluding hydrogens is 407 g/mol. The predicted molar refractivity (Wildman–Crippen MR) is 122 cm³/mol. The van der Waals surface area contributed by atoms with Gasteiger partial charge >= 0.3 is 0 Å². The summed E-state index contributed by atoms with van der Waals surface area (Å²) < 4.78 is 19.1. The zero-order valence-electron chi connectivity index (χ0n) is 18.3. The fourth-order valence-electron chi connectivity index (χ4n) is 3.44. The van der Waals surface area contributed by atoms with Gasteiger partial charge in [0.1, 0.15) is 17.6 Å². The van der Waals surface area contributed by atoms with Gasteiger partial charge in [-0.2, -0.15) is 0 Å². The SMILES string of the molecule is CNC(=O)[C@@H](Cc1ccccc1)N(Cc1ccc(F)cc1)C(=O)COc1cccc(C)c1. The first-order valence-corrected chi connectivity index (χ1v) is 10.4. The third-order valence-electron chi connectivity index (χ3n) is 5.14. The molecule has 0 saturated carbocycles. The third-order valence-corrected chi connectivity index (χ3v) is 5.14. The van der Waals surface area contributed by atoms with Crippen molar-refractivity contribution in [2.75, 3.05) is 13.7 Å². The zero-order chi connectivity index (χ0) is 22.9. The number of likely N-dealkylation sites (N-methyl/N-ethyl adjacent to an activating group) is 1. The number of halogens is 1. The largest absolute Gasteiger partial charge is 0.484 e. The molecule has 1 N–H and O–H groups in total. The van der Waals surface area contributed by atoms with Gasteiger partial charge in [0.05, 0.1) is 0 Å². The lowest BCUT2D eigenvalue weighted by Gasteiger charge is -2.31. The lowest BCUT2D eigenvalue weighted by atomic mass is 10.0. The number of nitrogens with one attached hydrogen (secondary N) is 1. The number of rotatable bonds is 9. The van der Waals surface area contributed by atoms with E-state index < -0.39 is 6.04 Å². The molecule has 0 aliphatic rings. The second kappa shape index (κ2) is 11.1. The van der Waals surface area contributed by atoms with E-state index >= 15 is 0 Å². The number of hydrogen-bond donors (Lipinski definition) is 1. The monoisotopic (exact) mass is 434 g/mol. The van der Waals surface area contributed by atoms with Gasteiger partial charge in [-0.3, -0.25) is 9.59 Å². The molecule has 0 aliphatic carbocycles. The van der Waals surface area contributed by atoms with Crippen molar-refractivity contribution in [3.05, 3.63) is 101 Å². The Balaban J connectivity index is 1.86. The van der Waals surface area contributed by atoms with Crippen LogP contribution in [-0.2, 0) is 22.6 Å². The molecule has 0 aromatic heterocycles. The Kier molecular flexibility index (Phi) is 7.97. The average Bonchev–Trinajstić information content (AvgIpc) is 2.81. The van der Waals surface area contributed by atoms with Crippen molar-refractivity contribution in [2.45, 2.75) is 25.9 Å². The summed E-state index contributed by atoms with van der Waals surface area (Å²) >= 11 is 0. The fraction of sp³-hybridized carbons (Fsp3) is 0.231. The van der Waals surface area contributed by atoms with Crippen LogP contribution in [0.4, 0.5) is 4.39 Å². The molecule has 0 radical (unpaired) electrons. The molecule has 166 valence electrons. The maximum atomic E-state index is 13.4. The molecule has 0 unspecified atom stereocenters. The van der Waals surface area contributed by atoms with E-state index in [1.165, 1.54) is 17.0 Å². The van der Waals surface area contributed by atoms with E-state index in [1.54, 1.807) is 25.2 Å². The molecule has 32 heavy (non-hydrogen) atoms. The molecule has 2 amide bonds. The zero-order valence-corrected chi connectivity index (χ0v) is 18.3. The molecule has 0 bridgehead atoms. The van der Waals surface area contributed by atoms with Crippen LogP contribution in [0, 0.1) is 12.7 Å². The highest BCUT2D eigenvalue weighted by molar-refractivity contribution is 5.88. The minimum absolute atomic E-state index is 0.154. The van der Waals surface area contributed by atoms with Gasteiger partial charge in [-0.15, -0.1) is 0 Å². The normalized spacial score (nSPS) is 11.5. The number of hydrogen-bond acceptors (Lipinski definition) is 3. The second-order valence-corrected chi connectivity index (χ2v) is 7.57. The van der Waals surface area contributed by atoms with E-state index in [-0.39, 0.29) is 30.8 Å². The first kappa shape index (κ1) is 23.0. The Morgan fingerprint density at radius 1 is 0.969 bits per heavy atom. The molecule has 1 atom stereocenters. The Morgan fingerprint density at radius 3 is 2.34 bits per heavy atom. The van der Waals surface area contributed by atoms with Crippen molar-refractivity contribution in [2.24, 2.45) is 0 Å². The van der Waals surface area contributed by atoms with Crippen LogP contribution in [0.5, 0.6) is 5.75 Å². The molecule has 0 saturated heterocycles. The lowest BCUT2D eigenvalue weighted by molar-refractivity contribution is -0.142. The molecule has 6 heteroatoms. The first-order chi connectivity index (χ1) is 15.5. The molecular formula is C26H27FN2O3. The summed E-state index contributed by atoms with van der Waals surface area (Å²) in [6.45, 7) is 1.88. The molecule has 3 aromatic rings. The highest BCUT2D eigenvalue weighted by atomic mass is 19.1. The Bertz CT molecular complexity index is 1040. The summed E-state index contributed by atoms with van der Waals surface area (Å²) in [4.78, 5) is 27.6. The van der Waals surface area contributed by atoms with Gasteiger partial charge in [0, 0.05) is 20.0 Å². The molecule has 0 spiro atoms. The van der Waals surface area contributed by atoms with E-state index in [0.717, 1.165) is 16.7 Å². The summed E-state index contributed by atoms with van der Waals surface area (Å²) in [6.07, 6.45) is 0.345. The predicted octanol–water partition coefficient (Wildman–Crippen LogP) is 3.90. The van der Waals surface area contributed by atoms with Crippen LogP contribution < -0.4 is 10.1 Å². The van der Waals surface area contributed by atoms with Crippen LogP contribution in [0.3, 0.4) is 0 Å². The smallest absolute Gasteiger partial charge is 0.261 e. The molecule has 0 heterocycles. The summed E-state index contributed by atoms with van der Waals surface area (Å²) in [5.74, 6) is -0.388. The van der Waals surface area contributed by atoms with Gasteiger partial charge in [0.15, 0.2) is 6.61 Å². The van der Waals surface area contributed by atoms with Crippen LogP contribution in [0.15, 0.2) is 78.9 Å². The Labute approximate surface area is 187 Å². The van der Waals surface area contributed by atoms with Crippen molar-refractivity contribution >= 4 is 11.8 Å². The Hall–Kier alpha value is -3.67. The first-order valence-electron chi connectivity index (χ1n) is 10.4. The van der Waals surface area contributed by atoms with Gasteiger partial charge < -0.3 is 15.0 Å². The summed E-state index contributed by atoms with van der Waals surface area (Å²) in [5, 5.41) is 2.66. The standard InChI is InChI=1S/C26H27FN2O3/c1-19-7-6-10-23(15-19)32-18-25(30)29(17-21-11-13-22(27)14-12-21)24(26(31)28-2)16-20-8-4-3-5-9-20/h3-15,24H,16-18H2,1-2H3,(H,28,31)/t24-/m1/s1. The number of benzene rings is 3. The summed E-state index contributed by atoms with van der Waals surface area (Å²) in [6, 6.07) is 22.1. The quantitative estimate of drug-likeness (QED) is 0.556. The van der Waals surface area contributed by atoms with Gasteiger partial charge in [0.25, 0.3) is 5.91 Å². The molecule has 5 nitrogen and oxygen atoms in total. The van der Waals surface area contributed by atoms with Crippen molar-refractivity contribution in [1.82, 2.24) is 10.2 Å². The number of carbonyl (C=O) groups excluding carboxylic acids is 2. The van der Waals surface area contributed by atoms with Crippen LogP contribution >= 0.6 is 0 Å². The van der Waals surface area contributed by atoms with E-state index in [1.807, 2.05) is 55.5 Å². The fourth-order valence-corrected chi connectivity index (χ4v) is 3.44. The average molecular weight is 435 g/mol. The van der Waals surface area contributed by atoms with Crippen molar-refractivity contribution in [3.8, 4) is 5.75 Å². The van der Waals surface area contributed by atoms with Crippen molar-refractivity contribution in [3.63, 3.8) is 0 Å². The van der Waals surface area contributed by atoms with Gasteiger partial charge in [-0.05, 0) is 47.9 Å².